The molecule has 0 aromatic rings. The van der Waals surface area contributed by atoms with E-state index in [2.05, 4.69) is 6.92 Å². The van der Waals surface area contributed by atoms with Gasteiger partial charge >= 0.3 is 5.97 Å². The SMILES string of the molecule is CCCCCCCCCCCCCCCCCCCCC(Cl)C(=O)O. The van der Waals surface area contributed by atoms with Crippen LogP contribution in [0.3, 0.4) is 0 Å². The summed E-state index contributed by atoms with van der Waals surface area (Å²) in [6.07, 6.45) is 24.9. The molecule has 0 radical (unpaired) electrons. The molecule has 1 unspecified atom stereocenters. The molecule has 2 nitrogen and oxygen atoms in total. The van der Waals surface area contributed by atoms with E-state index in [0.29, 0.717) is 6.42 Å². The highest BCUT2D eigenvalue weighted by atomic mass is 35.5. The van der Waals surface area contributed by atoms with Gasteiger partial charge in [-0.1, -0.05) is 122 Å². The minimum absolute atomic E-state index is 0.607. The first kappa shape index (κ1) is 24.8. The van der Waals surface area contributed by atoms with E-state index in [1.54, 1.807) is 0 Å². The van der Waals surface area contributed by atoms with Crippen LogP contribution in [0.4, 0.5) is 0 Å². The van der Waals surface area contributed by atoms with Crippen molar-refractivity contribution in [3.63, 3.8) is 0 Å². The number of hydrogen-bond donors (Lipinski definition) is 1. The Bertz CT molecular complexity index is 281. The van der Waals surface area contributed by atoms with E-state index in [1.807, 2.05) is 0 Å². The lowest BCUT2D eigenvalue weighted by Gasteiger charge is -2.05. The third kappa shape index (κ3) is 19.9. The quantitative estimate of drug-likeness (QED) is 0.172. The predicted octanol–water partition coefficient (Wildman–Crippen LogP) is 8.11. The lowest BCUT2D eigenvalue weighted by molar-refractivity contribution is -0.136. The lowest BCUT2D eigenvalue weighted by atomic mass is 10.0. The van der Waals surface area contributed by atoms with Crippen LogP contribution < -0.4 is 0 Å². The normalized spacial score (nSPS) is 12.4. The Balaban J connectivity index is 3.04. The molecule has 150 valence electrons. The molecule has 0 aliphatic carbocycles. The van der Waals surface area contributed by atoms with Gasteiger partial charge in [0.05, 0.1) is 0 Å². The Labute approximate surface area is 162 Å². The van der Waals surface area contributed by atoms with Crippen LogP contribution in [-0.4, -0.2) is 16.5 Å². The zero-order valence-electron chi connectivity index (χ0n) is 16.7. The van der Waals surface area contributed by atoms with Gasteiger partial charge in [-0.25, -0.2) is 0 Å². The Morgan fingerprint density at radius 3 is 1.20 bits per heavy atom. The first-order chi connectivity index (χ1) is 12.2. The number of carbonyl (C=O) groups is 1. The van der Waals surface area contributed by atoms with Gasteiger partial charge in [-0.3, -0.25) is 4.79 Å². The smallest absolute Gasteiger partial charge is 0.321 e. The second kappa shape index (κ2) is 20.1. The summed E-state index contributed by atoms with van der Waals surface area (Å²) in [5, 5.41) is 8.00. The molecule has 0 rings (SSSR count). The molecule has 0 fully saturated rings. The predicted molar refractivity (Wildman–Crippen MR) is 111 cm³/mol. The van der Waals surface area contributed by atoms with Crippen LogP contribution in [0.2, 0.25) is 0 Å². The fourth-order valence-corrected chi connectivity index (χ4v) is 3.50. The van der Waals surface area contributed by atoms with Crippen molar-refractivity contribution in [2.45, 2.75) is 134 Å². The minimum Gasteiger partial charge on any atom is -0.480 e. The zero-order valence-corrected chi connectivity index (χ0v) is 17.5. The summed E-state index contributed by atoms with van der Waals surface area (Å²) in [6.45, 7) is 2.28. The molecular formula is C22H43ClO2. The number of aliphatic carboxylic acids is 1. The Morgan fingerprint density at radius 1 is 0.640 bits per heavy atom. The Morgan fingerprint density at radius 2 is 0.920 bits per heavy atom. The van der Waals surface area contributed by atoms with Gasteiger partial charge in [-0.15, -0.1) is 11.6 Å². The number of rotatable bonds is 20. The van der Waals surface area contributed by atoms with E-state index in [-0.39, 0.29) is 0 Å². The molecular weight excluding hydrogens is 332 g/mol. The molecule has 1 atom stereocenters. The van der Waals surface area contributed by atoms with Gasteiger partial charge in [0, 0.05) is 0 Å². The fraction of sp³-hybridized carbons (Fsp3) is 0.955. The van der Waals surface area contributed by atoms with Crippen molar-refractivity contribution in [3.8, 4) is 0 Å². The maximum absolute atomic E-state index is 10.6. The molecule has 0 aromatic heterocycles. The molecule has 0 aromatic carbocycles. The van der Waals surface area contributed by atoms with E-state index in [9.17, 15) is 4.79 Å². The van der Waals surface area contributed by atoms with Crippen molar-refractivity contribution in [1.29, 1.82) is 0 Å². The van der Waals surface area contributed by atoms with Crippen molar-refractivity contribution < 1.29 is 9.90 Å². The van der Waals surface area contributed by atoms with Gasteiger partial charge in [-0.05, 0) is 6.42 Å². The molecule has 0 saturated heterocycles. The molecule has 0 heterocycles. The molecule has 1 N–H and O–H groups in total. The molecule has 0 aliphatic rings. The summed E-state index contributed by atoms with van der Waals surface area (Å²) >= 11 is 5.69. The number of carboxylic acids is 1. The number of halogens is 1. The molecule has 3 heteroatoms. The molecule has 0 amide bonds. The number of carboxylic acid groups (broad SMARTS) is 1. The first-order valence-corrected chi connectivity index (χ1v) is 11.5. The Hall–Kier alpha value is -0.240. The van der Waals surface area contributed by atoms with Gasteiger partial charge < -0.3 is 5.11 Å². The second-order valence-corrected chi connectivity index (χ2v) is 8.13. The third-order valence-corrected chi connectivity index (χ3v) is 5.48. The maximum Gasteiger partial charge on any atom is 0.321 e. The summed E-state index contributed by atoms with van der Waals surface area (Å²) in [7, 11) is 0. The van der Waals surface area contributed by atoms with Crippen LogP contribution in [0.15, 0.2) is 0 Å². The molecule has 0 spiro atoms. The topological polar surface area (TPSA) is 37.3 Å². The van der Waals surface area contributed by atoms with Crippen LogP contribution in [0.25, 0.3) is 0 Å². The van der Waals surface area contributed by atoms with Gasteiger partial charge in [0.2, 0.25) is 0 Å². The molecule has 0 saturated carbocycles. The third-order valence-electron chi connectivity index (χ3n) is 5.08. The monoisotopic (exact) mass is 374 g/mol. The molecule has 0 aliphatic heterocycles. The summed E-state index contributed by atoms with van der Waals surface area (Å²) in [5.74, 6) is -0.881. The maximum atomic E-state index is 10.6. The average Bonchev–Trinajstić information content (AvgIpc) is 2.60. The second-order valence-electron chi connectivity index (χ2n) is 7.60. The van der Waals surface area contributed by atoms with Gasteiger partial charge in [0.25, 0.3) is 0 Å². The summed E-state index contributed by atoms with van der Waals surface area (Å²) in [6, 6.07) is 0. The summed E-state index contributed by atoms with van der Waals surface area (Å²) in [4.78, 5) is 10.6. The van der Waals surface area contributed by atoms with E-state index in [1.165, 1.54) is 103 Å². The van der Waals surface area contributed by atoms with Gasteiger partial charge in [-0.2, -0.15) is 0 Å². The van der Waals surface area contributed by atoms with Crippen molar-refractivity contribution in [2.24, 2.45) is 0 Å². The first-order valence-electron chi connectivity index (χ1n) is 11.0. The van der Waals surface area contributed by atoms with E-state index in [4.69, 9.17) is 16.7 Å². The fourth-order valence-electron chi connectivity index (χ4n) is 3.35. The van der Waals surface area contributed by atoms with Crippen LogP contribution in [-0.2, 0) is 4.79 Å². The van der Waals surface area contributed by atoms with Gasteiger partial charge in [0.1, 0.15) is 5.38 Å². The van der Waals surface area contributed by atoms with Crippen LogP contribution in [0, 0.1) is 0 Å². The highest BCUT2D eigenvalue weighted by Gasteiger charge is 2.11. The zero-order chi connectivity index (χ0) is 18.6. The van der Waals surface area contributed by atoms with Crippen molar-refractivity contribution >= 4 is 17.6 Å². The molecule has 0 bridgehead atoms. The van der Waals surface area contributed by atoms with Crippen LogP contribution >= 0.6 is 11.6 Å². The number of alkyl halides is 1. The largest absolute Gasteiger partial charge is 0.480 e. The highest BCUT2D eigenvalue weighted by molar-refractivity contribution is 6.29. The average molecular weight is 375 g/mol. The number of hydrogen-bond acceptors (Lipinski definition) is 1. The van der Waals surface area contributed by atoms with E-state index >= 15 is 0 Å². The summed E-state index contributed by atoms with van der Waals surface area (Å²) in [5.41, 5.74) is 0. The Kier molecular flexibility index (Phi) is 19.9. The summed E-state index contributed by atoms with van der Waals surface area (Å²) < 4.78 is 0. The van der Waals surface area contributed by atoms with Crippen LogP contribution in [0.1, 0.15) is 129 Å². The molecule has 25 heavy (non-hydrogen) atoms. The number of unbranched alkanes of at least 4 members (excludes halogenated alkanes) is 17. The van der Waals surface area contributed by atoms with E-state index < -0.39 is 11.3 Å². The van der Waals surface area contributed by atoms with Crippen molar-refractivity contribution in [1.82, 2.24) is 0 Å². The van der Waals surface area contributed by atoms with Gasteiger partial charge in [0.15, 0.2) is 0 Å². The van der Waals surface area contributed by atoms with Crippen molar-refractivity contribution in [2.75, 3.05) is 0 Å². The standard InChI is InChI=1S/C22H43ClO2/c1-2-3-4-5-6-7-8-9-10-11-12-13-14-15-16-17-18-19-20-21(23)22(24)25/h21H,2-20H2,1H3,(H,24,25). The highest BCUT2D eigenvalue weighted by Crippen LogP contribution is 2.15. The minimum atomic E-state index is -0.881. The van der Waals surface area contributed by atoms with Crippen molar-refractivity contribution in [3.05, 3.63) is 0 Å². The lowest BCUT2D eigenvalue weighted by Crippen LogP contribution is -2.12. The van der Waals surface area contributed by atoms with Crippen LogP contribution in [0.5, 0.6) is 0 Å². The van der Waals surface area contributed by atoms with E-state index in [0.717, 1.165) is 12.8 Å².